The Bertz CT molecular complexity index is 60.7. The van der Waals surface area contributed by atoms with Gasteiger partial charge >= 0.3 is 51.5 Å². The van der Waals surface area contributed by atoms with Crippen molar-refractivity contribution in [2.24, 2.45) is 5.92 Å². The van der Waals surface area contributed by atoms with Gasteiger partial charge < -0.3 is 5.11 Å². The van der Waals surface area contributed by atoms with Crippen LogP contribution in [-0.2, 0) is 4.79 Å². The predicted octanol–water partition coefficient (Wildman–Crippen LogP) is -0.189. The first-order valence-corrected chi connectivity index (χ1v) is 1.87. The molecule has 0 saturated carbocycles. The van der Waals surface area contributed by atoms with Crippen molar-refractivity contribution < 1.29 is 9.90 Å². The first kappa shape index (κ1) is 10.8. The summed E-state index contributed by atoms with van der Waals surface area (Å²) in [6, 6.07) is 0. The van der Waals surface area contributed by atoms with Crippen molar-refractivity contribution in [1.82, 2.24) is 0 Å². The average Bonchev–Trinajstić information content (AvgIpc) is 1.36. The van der Waals surface area contributed by atoms with Crippen LogP contribution in [0.2, 0.25) is 0 Å². The van der Waals surface area contributed by atoms with Crippen molar-refractivity contribution >= 4 is 51.5 Å². The summed E-state index contributed by atoms with van der Waals surface area (Å²) in [6.45, 7) is 3.28. The van der Waals surface area contributed by atoms with Crippen molar-refractivity contribution in [1.29, 1.82) is 0 Å². The van der Waals surface area contributed by atoms with Gasteiger partial charge in [0, 0.05) is 0 Å². The quantitative estimate of drug-likeness (QED) is 0.564. The summed E-state index contributed by atoms with van der Waals surface area (Å²) < 4.78 is 0. The Hall–Kier alpha value is 0.951. The molecule has 1 N–H and O–H groups in total. The molecule has 0 heterocycles. The van der Waals surface area contributed by atoms with Crippen molar-refractivity contribution in [3.8, 4) is 0 Å². The number of aliphatic carboxylic acids is 1. The zero-order valence-electron chi connectivity index (χ0n) is 3.93. The van der Waals surface area contributed by atoms with E-state index in [-0.39, 0.29) is 51.4 Å². The molecule has 0 aliphatic heterocycles. The van der Waals surface area contributed by atoms with Crippen LogP contribution in [0.25, 0.3) is 0 Å². The van der Waals surface area contributed by atoms with E-state index in [1.807, 2.05) is 0 Å². The minimum atomic E-state index is -0.741. The summed E-state index contributed by atoms with van der Waals surface area (Å²) in [5, 5.41) is 7.99. The van der Waals surface area contributed by atoms with E-state index >= 15 is 0 Å². The summed E-state index contributed by atoms with van der Waals surface area (Å²) in [5.74, 6) is -0.972. The number of carbonyl (C=O) groups is 1. The van der Waals surface area contributed by atoms with Crippen molar-refractivity contribution in [2.75, 3.05) is 0 Å². The second kappa shape index (κ2) is 5.09. The van der Waals surface area contributed by atoms with Gasteiger partial charge in [-0.25, -0.2) is 0 Å². The van der Waals surface area contributed by atoms with Crippen LogP contribution >= 0.6 is 0 Å². The Morgan fingerprint density at radius 2 is 1.71 bits per heavy atom. The van der Waals surface area contributed by atoms with Crippen LogP contribution in [0.3, 0.4) is 0 Å². The molecule has 0 amide bonds. The van der Waals surface area contributed by atoms with E-state index in [9.17, 15) is 4.79 Å². The molecule has 0 atom stereocenters. The first-order chi connectivity index (χ1) is 2.64. The van der Waals surface area contributed by atoms with E-state index in [0.717, 1.165) is 0 Å². The van der Waals surface area contributed by atoms with Gasteiger partial charge in [0.25, 0.3) is 0 Å². The van der Waals surface area contributed by atoms with Crippen LogP contribution in [0.5, 0.6) is 0 Å². The van der Waals surface area contributed by atoms with Gasteiger partial charge in [0.2, 0.25) is 0 Å². The van der Waals surface area contributed by atoms with Gasteiger partial charge in [-0.05, 0) is 0 Å². The Morgan fingerprint density at radius 3 is 1.71 bits per heavy atom. The van der Waals surface area contributed by atoms with Crippen LogP contribution in [0.4, 0.5) is 0 Å². The summed E-state index contributed by atoms with van der Waals surface area (Å²) in [5.41, 5.74) is 0. The zero-order chi connectivity index (χ0) is 5.15. The van der Waals surface area contributed by atoms with Gasteiger partial charge in [0.15, 0.2) is 0 Å². The van der Waals surface area contributed by atoms with Crippen molar-refractivity contribution in [3.05, 3.63) is 0 Å². The maximum atomic E-state index is 9.70. The molecule has 0 spiro atoms. The third-order valence-electron chi connectivity index (χ3n) is 0.494. The van der Waals surface area contributed by atoms with Crippen LogP contribution in [0.15, 0.2) is 0 Å². The SMILES string of the molecule is CC(C)C(=O)O.[SrH2]. The topological polar surface area (TPSA) is 37.3 Å². The van der Waals surface area contributed by atoms with Crippen molar-refractivity contribution in [3.63, 3.8) is 0 Å². The molecule has 3 heteroatoms. The number of hydrogen-bond acceptors (Lipinski definition) is 1. The molecule has 0 fully saturated rings. The van der Waals surface area contributed by atoms with Crippen LogP contribution in [0.1, 0.15) is 13.8 Å². The third kappa shape index (κ3) is 6.95. The molecule has 0 aliphatic rings. The summed E-state index contributed by atoms with van der Waals surface area (Å²) in [7, 11) is 0. The number of hydrogen-bond donors (Lipinski definition) is 1. The first-order valence-electron chi connectivity index (χ1n) is 1.87. The second-order valence-corrected chi connectivity index (χ2v) is 1.49. The molecule has 0 rings (SSSR count). The fourth-order valence-electron chi connectivity index (χ4n) is 0. The molecule has 0 unspecified atom stereocenters. The van der Waals surface area contributed by atoms with E-state index in [1.54, 1.807) is 13.8 Å². The molecular weight excluding hydrogens is 168 g/mol. The second-order valence-electron chi connectivity index (χ2n) is 1.49. The molecule has 0 radical (unpaired) electrons. The van der Waals surface area contributed by atoms with Crippen LogP contribution in [-0.4, -0.2) is 56.6 Å². The normalized spacial score (nSPS) is 7.86. The van der Waals surface area contributed by atoms with Crippen molar-refractivity contribution in [2.45, 2.75) is 13.8 Å². The maximum absolute atomic E-state index is 9.70. The zero-order valence-corrected chi connectivity index (χ0v) is 3.93. The van der Waals surface area contributed by atoms with Crippen LogP contribution in [0, 0.1) is 5.92 Å². The van der Waals surface area contributed by atoms with E-state index in [1.165, 1.54) is 0 Å². The standard InChI is InChI=1S/C4H8O2.Sr.2H/c1-3(2)4(5)6;;;/h3H,1-2H3,(H,5,6);;;. The Morgan fingerprint density at radius 1 is 1.57 bits per heavy atom. The Balaban J connectivity index is 0. The van der Waals surface area contributed by atoms with E-state index in [4.69, 9.17) is 5.11 Å². The summed E-state index contributed by atoms with van der Waals surface area (Å²) in [4.78, 5) is 9.70. The molecule has 0 bridgehead atoms. The Labute approximate surface area is 80.2 Å². The van der Waals surface area contributed by atoms with Gasteiger partial charge in [-0.3, -0.25) is 4.79 Å². The monoisotopic (exact) mass is 178 g/mol. The Kier molecular flexibility index (Phi) is 7.89. The fraction of sp³-hybridized carbons (Fsp3) is 0.750. The molecule has 7 heavy (non-hydrogen) atoms. The molecule has 40 valence electrons. The molecule has 0 aromatic rings. The molecule has 2 nitrogen and oxygen atoms in total. The molecule has 0 aliphatic carbocycles. The third-order valence-corrected chi connectivity index (χ3v) is 0.494. The van der Waals surface area contributed by atoms with E-state index < -0.39 is 5.97 Å². The molecular formula is C4H10O2Sr. The fourth-order valence-corrected chi connectivity index (χ4v) is 0. The van der Waals surface area contributed by atoms with Gasteiger partial charge in [-0.1, -0.05) is 13.8 Å². The number of rotatable bonds is 1. The van der Waals surface area contributed by atoms with Gasteiger partial charge in [-0.2, -0.15) is 0 Å². The van der Waals surface area contributed by atoms with Gasteiger partial charge in [-0.15, -0.1) is 0 Å². The van der Waals surface area contributed by atoms with E-state index in [0.29, 0.717) is 0 Å². The summed E-state index contributed by atoms with van der Waals surface area (Å²) in [6.07, 6.45) is 0. The minimum absolute atomic E-state index is 0. The predicted molar refractivity (Wildman–Crippen MR) is 31.0 cm³/mol. The number of carboxylic acids is 1. The molecule has 0 saturated heterocycles. The van der Waals surface area contributed by atoms with Crippen LogP contribution < -0.4 is 0 Å². The van der Waals surface area contributed by atoms with Gasteiger partial charge in [0.1, 0.15) is 0 Å². The average molecular weight is 178 g/mol. The van der Waals surface area contributed by atoms with E-state index in [2.05, 4.69) is 0 Å². The molecule has 0 aromatic heterocycles. The van der Waals surface area contributed by atoms with Gasteiger partial charge in [0.05, 0.1) is 5.92 Å². The molecule has 0 aromatic carbocycles. The number of carboxylic acid groups (broad SMARTS) is 1. The summed E-state index contributed by atoms with van der Waals surface area (Å²) >= 11 is 0.